The van der Waals surface area contributed by atoms with E-state index in [1.807, 2.05) is 12.1 Å². The van der Waals surface area contributed by atoms with Crippen molar-refractivity contribution in [3.05, 3.63) is 89.4 Å². The van der Waals surface area contributed by atoms with Gasteiger partial charge in [0, 0.05) is 49.2 Å². The van der Waals surface area contributed by atoms with Crippen LogP contribution in [0.3, 0.4) is 0 Å². The third-order valence-electron chi connectivity index (χ3n) is 5.29. The molecule has 2 amide bonds. The van der Waals surface area contributed by atoms with Crippen LogP contribution in [0.1, 0.15) is 33.2 Å². The van der Waals surface area contributed by atoms with Crippen molar-refractivity contribution in [3.63, 3.8) is 0 Å². The lowest BCUT2D eigenvalue weighted by molar-refractivity contribution is -0.154. The van der Waals surface area contributed by atoms with E-state index >= 15 is 0 Å². The van der Waals surface area contributed by atoms with Crippen LogP contribution in [0.25, 0.3) is 0 Å². The molecule has 0 bridgehead atoms. The monoisotopic (exact) mass is 470 g/mol. The van der Waals surface area contributed by atoms with E-state index in [4.69, 9.17) is 0 Å². The molecule has 1 aliphatic rings. The average Bonchev–Trinajstić information content (AvgIpc) is 3.12. The number of halogens is 3. The van der Waals surface area contributed by atoms with Gasteiger partial charge in [0.15, 0.2) is 6.61 Å². The first-order valence-electron chi connectivity index (χ1n) is 10.5. The summed E-state index contributed by atoms with van der Waals surface area (Å²) in [5.74, 6) is -0.750. The van der Waals surface area contributed by atoms with Crippen molar-refractivity contribution in [2.75, 3.05) is 13.2 Å². The molecule has 34 heavy (non-hydrogen) atoms. The van der Waals surface area contributed by atoms with Gasteiger partial charge in [-0.3, -0.25) is 14.6 Å². The highest BCUT2D eigenvalue weighted by Gasteiger charge is 2.40. The number of ether oxygens (including phenoxy) is 1. The second kappa shape index (κ2) is 9.90. The summed E-state index contributed by atoms with van der Waals surface area (Å²) >= 11 is 0. The summed E-state index contributed by atoms with van der Waals surface area (Å²) in [5.41, 5.74) is 2.49. The van der Waals surface area contributed by atoms with Gasteiger partial charge < -0.3 is 15.0 Å². The fourth-order valence-electron chi connectivity index (χ4n) is 3.71. The van der Waals surface area contributed by atoms with Crippen LogP contribution in [0.15, 0.2) is 67.0 Å². The summed E-state index contributed by atoms with van der Waals surface area (Å²) in [6.45, 7) is -1.03. The van der Waals surface area contributed by atoms with Crippen LogP contribution in [-0.4, -0.2) is 46.0 Å². The third kappa shape index (κ3) is 5.51. The Hall–Kier alpha value is -3.95. The van der Waals surface area contributed by atoms with Gasteiger partial charge in [-0.2, -0.15) is 13.2 Å². The number of rotatable bonds is 8. The summed E-state index contributed by atoms with van der Waals surface area (Å²) < 4.78 is 41.4. The van der Waals surface area contributed by atoms with Crippen molar-refractivity contribution in [2.24, 2.45) is 0 Å². The molecule has 176 valence electrons. The van der Waals surface area contributed by atoms with Crippen molar-refractivity contribution in [3.8, 4) is 5.88 Å². The van der Waals surface area contributed by atoms with Crippen molar-refractivity contribution in [1.29, 1.82) is 0 Å². The Kier molecular flexibility index (Phi) is 6.76. The Bertz CT molecular complexity index is 1150. The van der Waals surface area contributed by atoms with Crippen molar-refractivity contribution in [1.82, 2.24) is 20.2 Å². The fraction of sp³-hybridized carbons (Fsp3) is 0.250. The van der Waals surface area contributed by atoms with E-state index in [1.54, 1.807) is 36.5 Å². The average molecular weight is 470 g/mol. The molecule has 1 atom stereocenters. The first kappa shape index (κ1) is 23.2. The first-order valence-corrected chi connectivity index (χ1v) is 10.5. The first-order chi connectivity index (χ1) is 16.3. The van der Waals surface area contributed by atoms with Gasteiger partial charge in [0.2, 0.25) is 11.8 Å². The summed E-state index contributed by atoms with van der Waals surface area (Å²) in [4.78, 5) is 35.8. The molecule has 10 heteroatoms. The number of carbonyl (C=O) groups is 2. The summed E-state index contributed by atoms with van der Waals surface area (Å²) in [7, 11) is 0. The highest BCUT2D eigenvalue weighted by Crippen LogP contribution is 2.33. The minimum Gasteiger partial charge on any atom is -0.468 e. The van der Waals surface area contributed by atoms with Crippen LogP contribution in [0.5, 0.6) is 5.88 Å². The number of pyridine rings is 2. The standard InChI is InChI=1S/C24H21F3N4O3/c25-24(26,27)15-34-20-9-8-16(13-29-20)14-30-22(32)21-18-6-1-2-7-19(18)23(33)31(21)12-10-17-5-3-4-11-28-17/h1-9,11,13,21H,10,12,14-15H2,(H,30,32). The smallest absolute Gasteiger partial charge is 0.422 e. The minimum atomic E-state index is -4.45. The molecule has 0 spiro atoms. The fourth-order valence-corrected chi connectivity index (χ4v) is 3.71. The maximum atomic E-state index is 13.1. The zero-order valence-corrected chi connectivity index (χ0v) is 18.0. The minimum absolute atomic E-state index is 0.0896. The lowest BCUT2D eigenvalue weighted by atomic mass is 10.0. The van der Waals surface area contributed by atoms with Gasteiger partial charge in [0.25, 0.3) is 5.91 Å². The van der Waals surface area contributed by atoms with Crippen molar-refractivity contribution in [2.45, 2.75) is 25.2 Å². The van der Waals surface area contributed by atoms with E-state index in [2.05, 4.69) is 20.0 Å². The maximum absolute atomic E-state index is 13.1. The highest BCUT2D eigenvalue weighted by molar-refractivity contribution is 6.04. The Morgan fingerprint density at radius 1 is 1.06 bits per heavy atom. The zero-order valence-electron chi connectivity index (χ0n) is 18.0. The van der Waals surface area contributed by atoms with E-state index in [9.17, 15) is 22.8 Å². The molecule has 2 aromatic heterocycles. The molecule has 3 heterocycles. The van der Waals surface area contributed by atoms with Crippen molar-refractivity contribution < 1.29 is 27.5 Å². The predicted octanol–water partition coefficient (Wildman–Crippen LogP) is 3.47. The molecule has 1 unspecified atom stereocenters. The number of amides is 2. The highest BCUT2D eigenvalue weighted by atomic mass is 19.4. The molecule has 3 aromatic rings. The molecule has 0 radical (unpaired) electrons. The quantitative estimate of drug-likeness (QED) is 0.545. The van der Waals surface area contributed by atoms with Gasteiger partial charge >= 0.3 is 6.18 Å². The second-order valence-electron chi connectivity index (χ2n) is 7.69. The molecule has 4 rings (SSSR count). The number of nitrogens with one attached hydrogen (secondary N) is 1. The molecular weight excluding hydrogens is 449 g/mol. The molecule has 1 N–H and O–H groups in total. The molecule has 0 saturated heterocycles. The number of hydrogen-bond acceptors (Lipinski definition) is 5. The van der Waals surface area contributed by atoms with Crippen LogP contribution in [0.2, 0.25) is 0 Å². The molecule has 1 aliphatic heterocycles. The number of aromatic nitrogens is 2. The molecule has 1 aromatic carbocycles. The SMILES string of the molecule is O=C(NCc1ccc(OCC(F)(F)F)nc1)C1c2ccccc2C(=O)N1CCc1ccccn1. The zero-order chi connectivity index (χ0) is 24.1. The van der Waals surface area contributed by atoms with E-state index in [0.29, 0.717) is 29.7 Å². The summed E-state index contributed by atoms with van der Waals surface area (Å²) in [5, 5.41) is 2.80. The van der Waals surface area contributed by atoms with Gasteiger partial charge in [0.1, 0.15) is 6.04 Å². The summed E-state index contributed by atoms with van der Waals surface area (Å²) in [6, 6.07) is 14.5. The Morgan fingerprint density at radius 3 is 2.56 bits per heavy atom. The third-order valence-corrected chi connectivity index (χ3v) is 5.29. The van der Waals surface area contributed by atoms with E-state index < -0.39 is 18.8 Å². The number of alkyl halides is 3. The number of nitrogens with zero attached hydrogens (tertiary/aromatic N) is 3. The lowest BCUT2D eigenvalue weighted by Gasteiger charge is -2.24. The number of benzene rings is 1. The van der Waals surface area contributed by atoms with E-state index in [0.717, 1.165) is 5.69 Å². The molecule has 7 nitrogen and oxygen atoms in total. The van der Waals surface area contributed by atoms with Gasteiger partial charge in [-0.25, -0.2) is 4.98 Å². The van der Waals surface area contributed by atoms with E-state index in [1.165, 1.54) is 23.2 Å². The molecule has 0 saturated carbocycles. The Morgan fingerprint density at radius 2 is 1.85 bits per heavy atom. The molecule has 0 fully saturated rings. The predicted molar refractivity (Wildman–Crippen MR) is 116 cm³/mol. The Labute approximate surface area is 193 Å². The largest absolute Gasteiger partial charge is 0.468 e. The molecule has 0 aliphatic carbocycles. The van der Waals surface area contributed by atoms with Gasteiger partial charge in [-0.1, -0.05) is 30.3 Å². The van der Waals surface area contributed by atoms with E-state index in [-0.39, 0.29) is 24.2 Å². The number of carbonyl (C=O) groups excluding carboxylic acids is 2. The second-order valence-corrected chi connectivity index (χ2v) is 7.69. The topological polar surface area (TPSA) is 84.4 Å². The van der Waals surface area contributed by atoms with Crippen LogP contribution in [-0.2, 0) is 17.8 Å². The van der Waals surface area contributed by atoms with Crippen molar-refractivity contribution >= 4 is 11.8 Å². The van der Waals surface area contributed by atoms with Crippen LogP contribution in [0.4, 0.5) is 13.2 Å². The van der Waals surface area contributed by atoms with Gasteiger partial charge in [-0.15, -0.1) is 0 Å². The normalized spacial score (nSPS) is 15.2. The van der Waals surface area contributed by atoms with Crippen LogP contribution >= 0.6 is 0 Å². The Balaban J connectivity index is 1.42. The molecular formula is C24H21F3N4O3. The van der Waals surface area contributed by atoms with Gasteiger partial charge in [-0.05, 0) is 29.3 Å². The maximum Gasteiger partial charge on any atom is 0.422 e. The summed E-state index contributed by atoms with van der Waals surface area (Å²) in [6.07, 6.45) is -0.953. The van der Waals surface area contributed by atoms with Crippen LogP contribution in [0, 0.1) is 0 Å². The number of hydrogen-bond donors (Lipinski definition) is 1. The van der Waals surface area contributed by atoms with Gasteiger partial charge in [0.05, 0.1) is 0 Å². The van der Waals surface area contributed by atoms with Crippen LogP contribution < -0.4 is 10.1 Å². The lowest BCUT2D eigenvalue weighted by Crippen LogP contribution is -2.40. The number of fused-ring (bicyclic) bond motifs is 1.